The predicted molar refractivity (Wildman–Crippen MR) is 71.3 cm³/mol. The number of hydrogen-bond acceptors (Lipinski definition) is 3. The van der Waals surface area contributed by atoms with Crippen LogP contribution >= 0.6 is 23.1 Å². The van der Waals surface area contributed by atoms with Gasteiger partial charge in [0.1, 0.15) is 5.75 Å². The lowest BCUT2D eigenvalue weighted by Crippen LogP contribution is -1.87. The standard InChI is InChI=1S/C13H13OS2/c1-10-7-12(3-4-13(10)14-2)16-9-11-5-6-15-8-11/h3-8H,1,9H2,2H3. The SMILES string of the molecule is [CH2]c1cc(SCc2ccsc2)ccc1OC. The minimum atomic E-state index is 0.847. The second kappa shape index (κ2) is 5.41. The van der Waals surface area contributed by atoms with Gasteiger partial charge in [0.05, 0.1) is 7.11 Å². The molecule has 0 fully saturated rings. The Morgan fingerprint density at radius 2 is 2.25 bits per heavy atom. The van der Waals surface area contributed by atoms with Crippen molar-refractivity contribution in [3.63, 3.8) is 0 Å². The quantitative estimate of drug-likeness (QED) is 0.750. The van der Waals surface area contributed by atoms with Crippen LogP contribution in [0.1, 0.15) is 11.1 Å². The minimum absolute atomic E-state index is 0.847. The Kier molecular flexibility index (Phi) is 3.91. The molecule has 1 aromatic carbocycles. The summed E-state index contributed by atoms with van der Waals surface area (Å²) in [6, 6.07) is 8.27. The van der Waals surface area contributed by atoms with Crippen LogP contribution in [-0.2, 0) is 5.75 Å². The Hall–Kier alpha value is -0.930. The molecule has 0 N–H and O–H groups in total. The van der Waals surface area contributed by atoms with Gasteiger partial charge in [0.25, 0.3) is 0 Å². The molecule has 0 unspecified atom stereocenters. The van der Waals surface area contributed by atoms with Crippen molar-refractivity contribution in [2.75, 3.05) is 7.11 Å². The molecule has 0 aliphatic carbocycles. The topological polar surface area (TPSA) is 9.23 Å². The van der Waals surface area contributed by atoms with Gasteiger partial charge in [0.15, 0.2) is 0 Å². The molecular formula is C13H13OS2. The molecule has 0 spiro atoms. The Labute approximate surface area is 104 Å². The maximum atomic E-state index is 5.18. The molecule has 0 saturated heterocycles. The highest BCUT2D eigenvalue weighted by molar-refractivity contribution is 7.98. The molecule has 2 aromatic rings. The van der Waals surface area contributed by atoms with Gasteiger partial charge < -0.3 is 4.74 Å². The van der Waals surface area contributed by atoms with Crippen LogP contribution in [-0.4, -0.2) is 7.11 Å². The van der Waals surface area contributed by atoms with Crippen LogP contribution in [0, 0.1) is 6.92 Å². The van der Waals surface area contributed by atoms with Crippen LogP contribution in [0.3, 0.4) is 0 Å². The van der Waals surface area contributed by atoms with Crippen LogP contribution in [0.2, 0.25) is 0 Å². The Balaban J connectivity index is 2.02. The minimum Gasteiger partial charge on any atom is -0.496 e. The average molecular weight is 249 g/mol. The van der Waals surface area contributed by atoms with Gasteiger partial charge in [-0.05, 0) is 53.1 Å². The second-order valence-corrected chi connectivity index (χ2v) is 5.22. The van der Waals surface area contributed by atoms with E-state index < -0.39 is 0 Å². The number of methoxy groups -OCH3 is 1. The Bertz CT molecular complexity index is 449. The van der Waals surface area contributed by atoms with E-state index in [-0.39, 0.29) is 0 Å². The average Bonchev–Trinajstić information content (AvgIpc) is 2.79. The maximum Gasteiger partial charge on any atom is 0.122 e. The zero-order valence-corrected chi connectivity index (χ0v) is 10.7. The van der Waals surface area contributed by atoms with E-state index in [2.05, 4.69) is 35.9 Å². The van der Waals surface area contributed by atoms with Crippen LogP contribution in [0.15, 0.2) is 39.9 Å². The lowest BCUT2D eigenvalue weighted by Gasteiger charge is -2.06. The van der Waals surface area contributed by atoms with Crippen molar-refractivity contribution in [2.45, 2.75) is 10.6 Å². The first kappa shape index (κ1) is 11.6. The number of hydrogen-bond donors (Lipinski definition) is 0. The van der Waals surface area contributed by atoms with Gasteiger partial charge in [0, 0.05) is 10.6 Å². The van der Waals surface area contributed by atoms with E-state index >= 15 is 0 Å². The number of thiophene rings is 1. The molecule has 2 rings (SSSR count). The highest BCUT2D eigenvalue weighted by Gasteiger charge is 2.01. The van der Waals surface area contributed by atoms with Crippen molar-refractivity contribution in [1.82, 2.24) is 0 Å². The Morgan fingerprint density at radius 1 is 1.38 bits per heavy atom. The van der Waals surface area contributed by atoms with E-state index in [1.165, 1.54) is 10.5 Å². The van der Waals surface area contributed by atoms with Gasteiger partial charge in [-0.25, -0.2) is 0 Å². The maximum absolute atomic E-state index is 5.18. The zero-order valence-electron chi connectivity index (χ0n) is 9.10. The number of benzene rings is 1. The molecule has 0 aliphatic heterocycles. The van der Waals surface area contributed by atoms with E-state index in [0.29, 0.717) is 0 Å². The molecule has 1 heterocycles. The van der Waals surface area contributed by atoms with Gasteiger partial charge in [0.2, 0.25) is 0 Å². The molecule has 0 aliphatic rings. The molecule has 1 nitrogen and oxygen atoms in total. The molecular weight excluding hydrogens is 236 g/mol. The summed E-state index contributed by atoms with van der Waals surface area (Å²) in [6.07, 6.45) is 0. The largest absolute Gasteiger partial charge is 0.496 e. The fourth-order valence-electron chi connectivity index (χ4n) is 1.39. The summed E-state index contributed by atoms with van der Waals surface area (Å²) >= 11 is 3.56. The van der Waals surface area contributed by atoms with Crippen LogP contribution in [0.5, 0.6) is 5.75 Å². The van der Waals surface area contributed by atoms with Crippen LogP contribution in [0.25, 0.3) is 0 Å². The van der Waals surface area contributed by atoms with Gasteiger partial charge in [-0.1, -0.05) is 0 Å². The molecule has 0 saturated carbocycles. The summed E-state index contributed by atoms with van der Waals surface area (Å²) in [5.41, 5.74) is 2.31. The lowest BCUT2D eigenvalue weighted by atomic mass is 10.2. The third-order valence-corrected chi connectivity index (χ3v) is 4.03. The van der Waals surface area contributed by atoms with Gasteiger partial charge in [-0.15, -0.1) is 11.8 Å². The van der Waals surface area contributed by atoms with Crippen LogP contribution in [0.4, 0.5) is 0 Å². The fraction of sp³-hybridized carbons (Fsp3) is 0.154. The number of thioether (sulfide) groups is 1. The molecule has 1 aromatic heterocycles. The van der Waals surface area contributed by atoms with E-state index in [0.717, 1.165) is 17.1 Å². The summed E-state index contributed by atoms with van der Waals surface area (Å²) in [7, 11) is 1.67. The molecule has 3 heteroatoms. The fourth-order valence-corrected chi connectivity index (χ4v) is 3.06. The monoisotopic (exact) mass is 249 g/mol. The van der Waals surface area contributed by atoms with Gasteiger partial charge >= 0.3 is 0 Å². The van der Waals surface area contributed by atoms with Gasteiger partial charge in [-0.3, -0.25) is 0 Å². The van der Waals surface area contributed by atoms with Gasteiger partial charge in [-0.2, -0.15) is 11.3 Å². The molecule has 16 heavy (non-hydrogen) atoms. The van der Waals surface area contributed by atoms with E-state index in [1.54, 1.807) is 18.4 Å². The Morgan fingerprint density at radius 3 is 2.88 bits per heavy atom. The van der Waals surface area contributed by atoms with E-state index in [4.69, 9.17) is 4.74 Å². The molecule has 0 bridgehead atoms. The molecule has 83 valence electrons. The normalized spacial score (nSPS) is 10.4. The highest BCUT2D eigenvalue weighted by Crippen LogP contribution is 2.28. The summed E-state index contributed by atoms with van der Waals surface area (Å²) in [5.74, 6) is 1.86. The lowest BCUT2D eigenvalue weighted by molar-refractivity contribution is 0.412. The van der Waals surface area contributed by atoms with E-state index in [1.807, 2.05) is 17.8 Å². The second-order valence-electron chi connectivity index (χ2n) is 3.39. The third-order valence-electron chi connectivity index (χ3n) is 2.24. The van der Waals surface area contributed by atoms with Crippen molar-refractivity contribution in [3.8, 4) is 5.75 Å². The molecule has 1 radical (unpaired) electrons. The summed E-state index contributed by atoms with van der Waals surface area (Å²) in [6.45, 7) is 3.96. The first-order valence-electron chi connectivity index (χ1n) is 4.93. The molecule has 0 amide bonds. The van der Waals surface area contributed by atoms with Crippen molar-refractivity contribution in [1.29, 1.82) is 0 Å². The van der Waals surface area contributed by atoms with Crippen molar-refractivity contribution >= 4 is 23.1 Å². The van der Waals surface area contributed by atoms with E-state index in [9.17, 15) is 0 Å². The van der Waals surface area contributed by atoms with Crippen molar-refractivity contribution in [2.24, 2.45) is 0 Å². The van der Waals surface area contributed by atoms with Crippen molar-refractivity contribution in [3.05, 3.63) is 53.1 Å². The first-order chi connectivity index (χ1) is 7.79. The first-order valence-corrected chi connectivity index (χ1v) is 6.86. The zero-order chi connectivity index (χ0) is 11.4. The summed E-state index contributed by atoms with van der Waals surface area (Å²) < 4.78 is 5.18. The smallest absolute Gasteiger partial charge is 0.122 e. The van der Waals surface area contributed by atoms with Crippen molar-refractivity contribution < 1.29 is 4.74 Å². The molecule has 0 atom stereocenters. The number of rotatable bonds is 4. The van der Waals surface area contributed by atoms with Crippen LogP contribution < -0.4 is 4.74 Å². The third kappa shape index (κ3) is 2.80. The highest BCUT2D eigenvalue weighted by atomic mass is 32.2. The number of ether oxygens (including phenoxy) is 1. The summed E-state index contributed by atoms with van der Waals surface area (Å²) in [4.78, 5) is 1.23. The predicted octanol–water partition coefficient (Wildman–Crippen LogP) is 4.23. The summed E-state index contributed by atoms with van der Waals surface area (Å²) in [5, 5.41) is 4.29.